The molecule has 8 aromatic carbocycles. The normalized spacial score (nSPS) is 14.3. The van der Waals surface area contributed by atoms with E-state index in [0.717, 1.165) is 5.69 Å². The molecule has 0 spiro atoms. The van der Waals surface area contributed by atoms with Crippen LogP contribution in [0.2, 0.25) is 0 Å². The molecule has 0 saturated carbocycles. The zero-order chi connectivity index (χ0) is 35.9. The first kappa shape index (κ1) is 31.5. The van der Waals surface area contributed by atoms with Gasteiger partial charge in [0.25, 0.3) is 0 Å². The quantitative estimate of drug-likeness (QED) is 0.175. The largest absolute Gasteiger partial charge is 0.310 e. The van der Waals surface area contributed by atoms with E-state index >= 15 is 0 Å². The molecule has 0 fully saturated rings. The molecule has 0 radical (unpaired) electrons. The summed E-state index contributed by atoms with van der Waals surface area (Å²) in [5, 5.41) is 2.54. The highest BCUT2D eigenvalue weighted by atomic mass is 15.1. The molecule has 254 valence electrons. The summed E-state index contributed by atoms with van der Waals surface area (Å²) in [5.41, 5.74) is 19.1. The number of hydrogen-bond donors (Lipinski definition) is 0. The third-order valence-corrected chi connectivity index (χ3v) is 12.1. The van der Waals surface area contributed by atoms with Gasteiger partial charge in [0.15, 0.2) is 0 Å². The van der Waals surface area contributed by atoms with Crippen molar-refractivity contribution in [3.63, 3.8) is 0 Å². The number of nitrogens with zero attached hydrogens (tertiary/aromatic N) is 1. The van der Waals surface area contributed by atoms with Crippen LogP contribution < -0.4 is 4.90 Å². The van der Waals surface area contributed by atoms with E-state index in [9.17, 15) is 0 Å². The average molecular weight is 680 g/mol. The minimum atomic E-state index is -0.161. The highest BCUT2D eigenvalue weighted by Crippen LogP contribution is 2.53. The zero-order valence-corrected chi connectivity index (χ0v) is 30.7. The molecule has 1 nitrogen and oxygen atoms in total. The van der Waals surface area contributed by atoms with Gasteiger partial charge in [-0.3, -0.25) is 0 Å². The molecule has 0 aromatic heterocycles. The minimum Gasteiger partial charge on any atom is -0.310 e. The predicted molar refractivity (Wildman–Crippen MR) is 225 cm³/mol. The first-order valence-corrected chi connectivity index (χ1v) is 18.8. The van der Waals surface area contributed by atoms with Gasteiger partial charge in [-0.05, 0) is 126 Å². The van der Waals surface area contributed by atoms with Crippen molar-refractivity contribution in [2.24, 2.45) is 0 Å². The molecule has 0 atom stereocenters. The number of benzene rings is 8. The van der Waals surface area contributed by atoms with Crippen molar-refractivity contribution in [2.75, 3.05) is 4.90 Å². The molecular weight excluding hydrogens is 639 g/mol. The van der Waals surface area contributed by atoms with E-state index in [1.807, 2.05) is 0 Å². The number of para-hydroxylation sites is 1. The Morgan fingerprint density at radius 3 is 1.42 bits per heavy atom. The van der Waals surface area contributed by atoms with Gasteiger partial charge >= 0.3 is 0 Å². The number of hydrogen-bond acceptors (Lipinski definition) is 1. The molecule has 0 N–H and O–H groups in total. The summed E-state index contributed by atoms with van der Waals surface area (Å²) in [7, 11) is 0. The molecule has 53 heavy (non-hydrogen) atoms. The van der Waals surface area contributed by atoms with Crippen LogP contribution in [0.5, 0.6) is 0 Å². The SMILES string of the molecule is CC1(C)c2ccccc2-c2ccc(N(c3ccccc3)c3ccc4c(c3)C(C)(C)c3cc(-c5ccc(-c6ccc7ccccc7c6)cc5)ccc3-4)cc21. The number of anilines is 3. The van der Waals surface area contributed by atoms with Crippen LogP contribution in [0, 0.1) is 0 Å². The summed E-state index contributed by atoms with van der Waals surface area (Å²) in [6.45, 7) is 9.49. The van der Waals surface area contributed by atoms with Crippen LogP contribution in [-0.4, -0.2) is 0 Å². The fraction of sp³-hybridized carbons (Fsp3) is 0.115. The van der Waals surface area contributed by atoms with Crippen molar-refractivity contribution < 1.29 is 0 Å². The predicted octanol–water partition coefficient (Wildman–Crippen LogP) is 14.3. The lowest BCUT2D eigenvalue weighted by Crippen LogP contribution is -2.18. The second-order valence-corrected chi connectivity index (χ2v) is 15.8. The fourth-order valence-corrected chi connectivity index (χ4v) is 9.12. The van der Waals surface area contributed by atoms with Gasteiger partial charge in [-0.25, -0.2) is 0 Å². The standard InChI is InChI=1S/C52H41N/c1-51(2)47-17-11-10-16-43(47)45-28-25-41(32-49(45)51)53(40-14-6-5-7-15-40)42-26-29-46-44-27-24-39(31-48(44)52(3,4)50(46)33-42)36-20-18-35(19-21-36)38-23-22-34-12-8-9-13-37(34)30-38/h5-33H,1-4H3. The summed E-state index contributed by atoms with van der Waals surface area (Å²) >= 11 is 0. The second kappa shape index (κ2) is 11.7. The van der Waals surface area contributed by atoms with Crippen LogP contribution in [0.15, 0.2) is 176 Å². The van der Waals surface area contributed by atoms with E-state index < -0.39 is 0 Å². The average Bonchev–Trinajstić information content (AvgIpc) is 3.57. The molecule has 8 aromatic rings. The van der Waals surface area contributed by atoms with E-state index in [2.05, 4.69) is 209 Å². The van der Waals surface area contributed by atoms with Crippen molar-refractivity contribution in [1.82, 2.24) is 0 Å². The third-order valence-electron chi connectivity index (χ3n) is 12.1. The molecule has 0 unspecified atom stereocenters. The molecule has 10 rings (SSSR count). The lowest BCUT2D eigenvalue weighted by molar-refractivity contribution is 0.660. The Kier molecular flexibility index (Phi) is 6.94. The van der Waals surface area contributed by atoms with Gasteiger partial charge in [-0.1, -0.05) is 155 Å². The van der Waals surface area contributed by atoms with E-state index in [0.29, 0.717) is 0 Å². The molecule has 2 aliphatic rings. The Morgan fingerprint density at radius 2 is 0.755 bits per heavy atom. The second-order valence-electron chi connectivity index (χ2n) is 15.8. The van der Waals surface area contributed by atoms with E-state index in [-0.39, 0.29) is 10.8 Å². The molecule has 0 heterocycles. The van der Waals surface area contributed by atoms with Crippen molar-refractivity contribution in [3.05, 3.63) is 198 Å². The summed E-state index contributed by atoms with van der Waals surface area (Å²) in [5.74, 6) is 0. The lowest BCUT2D eigenvalue weighted by atomic mass is 9.81. The van der Waals surface area contributed by atoms with Crippen LogP contribution in [0.4, 0.5) is 17.1 Å². The van der Waals surface area contributed by atoms with Gasteiger partial charge in [-0.2, -0.15) is 0 Å². The van der Waals surface area contributed by atoms with Gasteiger partial charge in [0.1, 0.15) is 0 Å². The molecule has 0 aliphatic heterocycles. The highest BCUT2D eigenvalue weighted by Gasteiger charge is 2.38. The molecule has 0 bridgehead atoms. The molecule has 2 aliphatic carbocycles. The summed E-state index contributed by atoms with van der Waals surface area (Å²) in [6.07, 6.45) is 0. The van der Waals surface area contributed by atoms with Gasteiger partial charge in [0, 0.05) is 27.9 Å². The van der Waals surface area contributed by atoms with Crippen LogP contribution in [0.25, 0.3) is 55.3 Å². The van der Waals surface area contributed by atoms with Gasteiger partial charge in [-0.15, -0.1) is 0 Å². The Morgan fingerprint density at radius 1 is 0.302 bits per heavy atom. The maximum absolute atomic E-state index is 2.44. The van der Waals surface area contributed by atoms with E-state index in [1.165, 1.54) is 88.9 Å². The first-order valence-electron chi connectivity index (χ1n) is 18.8. The number of rotatable bonds is 5. The third kappa shape index (κ3) is 4.91. The Bertz CT molecular complexity index is 2710. The Balaban J connectivity index is 1.01. The van der Waals surface area contributed by atoms with Crippen LogP contribution >= 0.6 is 0 Å². The van der Waals surface area contributed by atoms with Crippen LogP contribution in [-0.2, 0) is 10.8 Å². The monoisotopic (exact) mass is 679 g/mol. The van der Waals surface area contributed by atoms with Crippen molar-refractivity contribution >= 4 is 27.8 Å². The first-order chi connectivity index (χ1) is 25.8. The maximum atomic E-state index is 2.44. The van der Waals surface area contributed by atoms with Gasteiger partial charge in [0.2, 0.25) is 0 Å². The summed E-state index contributed by atoms with van der Waals surface area (Å²) < 4.78 is 0. The van der Waals surface area contributed by atoms with Crippen molar-refractivity contribution in [2.45, 2.75) is 38.5 Å². The fourth-order valence-electron chi connectivity index (χ4n) is 9.12. The minimum absolute atomic E-state index is 0.0691. The van der Waals surface area contributed by atoms with Gasteiger partial charge in [0.05, 0.1) is 0 Å². The van der Waals surface area contributed by atoms with E-state index in [1.54, 1.807) is 0 Å². The molecule has 0 saturated heterocycles. The van der Waals surface area contributed by atoms with Crippen LogP contribution in [0.1, 0.15) is 49.9 Å². The topological polar surface area (TPSA) is 3.24 Å². The van der Waals surface area contributed by atoms with Crippen molar-refractivity contribution in [1.29, 1.82) is 0 Å². The van der Waals surface area contributed by atoms with Gasteiger partial charge < -0.3 is 4.90 Å². The maximum Gasteiger partial charge on any atom is 0.0465 e. The van der Waals surface area contributed by atoms with Crippen LogP contribution in [0.3, 0.4) is 0 Å². The highest BCUT2D eigenvalue weighted by molar-refractivity contribution is 5.90. The lowest BCUT2D eigenvalue weighted by Gasteiger charge is -2.29. The molecule has 1 heteroatoms. The summed E-state index contributed by atoms with van der Waals surface area (Å²) in [4.78, 5) is 2.43. The Hall–Kier alpha value is -6.18. The zero-order valence-electron chi connectivity index (χ0n) is 30.7. The van der Waals surface area contributed by atoms with Crippen molar-refractivity contribution in [3.8, 4) is 44.5 Å². The van der Waals surface area contributed by atoms with E-state index in [4.69, 9.17) is 0 Å². The summed E-state index contributed by atoms with van der Waals surface area (Å²) in [6, 6.07) is 65.3. The smallest absolute Gasteiger partial charge is 0.0465 e. The number of fused-ring (bicyclic) bond motifs is 7. The molecular formula is C52H41N. The Labute approximate surface area is 312 Å². The molecule has 0 amide bonds.